The number of fused-ring (bicyclic) bond motifs is 4. The van der Waals surface area contributed by atoms with Crippen molar-refractivity contribution in [3.8, 4) is 0 Å². The smallest absolute Gasteiger partial charge is 0.310 e. The van der Waals surface area contributed by atoms with Crippen molar-refractivity contribution in [1.29, 1.82) is 0 Å². The van der Waals surface area contributed by atoms with Gasteiger partial charge < -0.3 is 56.8 Å². The molecule has 4 aliphatic heterocycles. The molecule has 0 aromatic heterocycles. The fraction of sp³-hybridized carbons (Fsp3) is 0.869. The molecule has 4 heterocycles. The van der Waals surface area contributed by atoms with Gasteiger partial charge in [0.25, 0.3) is 0 Å². The summed E-state index contributed by atoms with van der Waals surface area (Å²) in [5.41, 5.74) is 0. The van der Waals surface area contributed by atoms with Crippen LogP contribution in [0.5, 0.6) is 0 Å². The van der Waals surface area contributed by atoms with Gasteiger partial charge in [0.05, 0.1) is 126 Å². The number of ether oxygens (including phenoxy) is 12. The molecule has 0 bridgehead atoms. The third-order valence-corrected chi connectivity index (χ3v) is 17.6. The van der Waals surface area contributed by atoms with Gasteiger partial charge in [-0.15, -0.1) is 0 Å². The summed E-state index contributed by atoms with van der Waals surface area (Å²) in [5.74, 6) is -5.76. The van der Waals surface area contributed by atoms with Crippen molar-refractivity contribution < 1.29 is 95.2 Å². The minimum atomic E-state index is -1.47. The zero-order valence-corrected chi connectivity index (χ0v) is 47.8. The molecular weight excluding hydrogens is 1050 g/mol. The molecule has 8 aliphatic rings. The number of ketones is 1. The van der Waals surface area contributed by atoms with Crippen molar-refractivity contribution >= 4 is 47.6 Å². The molecule has 0 aromatic rings. The van der Waals surface area contributed by atoms with Crippen LogP contribution in [0.1, 0.15) is 193 Å². The second-order valence-electron chi connectivity index (χ2n) is 24.3. The van der Waals surface area contributed by atoms with Crippen LogP contribution in [0, 0.1) is 35.5 Å². The van der Waals surface area contributed by atoms with E-state index in [1.54, 1.807) is 0 Å². The van der Waals surface area contributed by atoms with Gasteiger partial charge in [0.15, 0.2) is 5.78 Å². The first kappa shape index (κ1) is 62.8. The minimum Gasteiger partial charge on any atom is -0.466 e. The number of esters is 7. The highest BCUT2D eigenvalue weighted by atomic mass is 16.6. The monoisotopic (exact) mass is 1140 g/mol. The number of Topliss-reactive ketones (excluding diaryl/α,β-unsaturated/α-hetero) is 1. The molecule has 0 aromatic carbocycles. The SMILES string of the molecule is O=C(CCCCCOC(=O)C(CC(=O)OCCCCCC(=O)OCC1CCC2OC2C1)C(CC(=O)OCCCCCC(=O)OCC1CC[C@H]2OC2C1)C(=O)OCCCCCC(=O)OCC1CCC2OC2C1)COCC1CCC2OC2C1. The predicted molar refractivity (Wildman–Crippen MR) is 287 cm³/mol. The molecule has 4 saturated heterocycles. The summed E-state index contributed by atoms with van der Waals surface area (Å²) in [5, 5.41) is 0. The second kappa shape index (κ2) is 33.3. The van der Waals surface area contributed by atoms with Crippen molar-refractivity contribution in [1.82, 2.24) is 0 Å². The molecular formula is C61H92O20. The Morgan fingerprint density at radius 2 is 0.642 bits per heavy atom. The van der Waals surface area contributed by atoms with Crippen LogP contribution in [0.4, 0.5) is 0 Å². The maximum Gasteiger partial charge on any atom is 0.310 e. The second-order valence-corrected chi connectivity index (χ2v) is 24.3. The van der Waals surface area contributed by atoms with Crippen LogP contribution in [-0.2, 0) is 95.2 Å². The Morgan fingerprint density at radius 3 is 0.988 bits per heavy atom. The summed E-state index contributed by atoms with van der Waals surface area (Å²) in [6.45, 7) is 1.61. The van der Waals surface area contributed by atoms with Crippen molar-refractivity contribution in [3.63, 3.8) is 0 Å². The standard InChI is InChI=1S/C61H92O20/c62-44(39-70-35-40-17-21-47-51(29-40)78-47)13-5-1-11-27-73-60(68)45(33-58(66)71-25-9-2-6-14-55(63)75-36-41-18-22-48-52(30-41)79-48)46(61(69)74-28-12-4-8-16-57(65)77-38-43-20-24-50-54(32-43)81-50)34-59(67)72-26-10-3-7-15-56(64)76-37-42-19-23-49-53(31-42)80-49/h40-43,45-54H,1-39H2/t40?,41?,42?,43?,45?,46?,47?,48?,49-,50?,51?,52?,53?,54?/m1/s1. The molecule has 4 saturated carbocycles. The van der Waals surface area contributed by atoms with E-state index in [0.717, 1.165) is 77.0 Å². The average Bonchev–Trinajstić information content (AvgIpc) is 4.48. The Balaban J connectivity index is 0.779. The van der Waals surface area contributed by atoms with Gasteiger partial charge in [0.1, 0.15) is 6.61 Å². The normalized spacial score (nSPS) is 28.9. The Hall–Kier alpha value is -4.24. The molecule has 8 fully saturated rings. The third-order valence-electron chi connectivity index (χ3n) is 17.6. The lowest BCUT2D eigenvalue weighted by Crippen LogP contribution is -2.36. The number of hydrogen-bond acceptors (Lipinski definition) is 20. The maximum atomic E-state index is 14.0. The largest absolute Gasteiger partial charge is 0.466 e. The van der Waals surface area contributed by atoms with Gasteiger partial charge >= 0.3 is 41.8 Å². The molecule has 0 N–H and O–H groups in total. The van der Waals surface area contributed by atoms with E-state index >= 15 is 0 Å². The highest BCUT2D eigenvalue weighted by Crippen LogP contribution is 2.42. The highest BCUT2D eigenvalue weighted by molar-refractivity contribution is 5.88. The van der Waals surface area contributed by atoms with Crippen LogP contribution in [0.3, 0.4) is 0 Å². The molecule has 4 aliphatic carbocycles. The summed E-state index contributed by atoms with van der Waals surface area (Å²) in [6, 6.07) is 0. The first-order valence-corrected chi connectivity index (χ1v) is 31.2. The van der Waals surface area contributed by atoms with E-state index in [9.17, 15) is 38.4 Å². The summed E-state index contributed by atoms with van der Waals surface area (Å²) >= 11 is 0. The van der Waals surface area contributed by atoms with Crippen LogP contribution < -0.4 is 0 Å². The number of carbonyl (C=O) groups is 8. The molecule has 0 spiro atoms. The lowest BCUT2D eigenvalue weighted by molar-refractivity contribution is -0.167. The molecule has 20 heteroatoms. The van der Waals surface area contributed by atoms with Crippen LogP contribution in [-0.4, -0.2) is 156 Å². The van der Waals surface area contributed by atoms with Crippen LogP contribution in [0.2, 0.25) is 0 Å². The lowest BCUT2D eigenvalue weighted by atomic mass is 9.86. The first-order chi connectivity index (χ1) is 39.4. The number of carbonyl (C=O) groups excluding carboxylic acids is 8. The summed E-state index contributed by atoms with van der Waals surface area (Å²) in [4.78, 5) is 105. The lowest BCUT2D eigenvalue weighted by Gasteiger charge is -2.23. The quantitative estimate of drug-likeness (QED) is 0.0244. The van der Waals surface area contributed by atoms with E-state index in [2.05, 4.69) is 0 Å². The Bertz CT molecular complexity index is 2050. The van der Waals surface area contributed by atoms with E-state index in [1.807, 2.05) is 0 Å². The zero-order chi connectivity index (χ0) is 56.8. The van der Waals surface area contributed by atoms with Crippen LogP contribution in [0.25, 0.3) is 0 Å². The number of hydrogen-bond donors (Lipinski definition) is 0. The third kappa shape index (κ3) is 23.4. The minimum absolute atomic E-state index is 0.00391. The van der Waals surface area contributed by atoms with Crippen molar-refractivity contribution in [2.45, 2.75) is 241 Å². The molecule has 0 amide bonds. The molecule has 8 rings (SSSR count). The van der Waals surface area contributed by atoms with Gasteiger partial charge in [0, 0.05) is 25.7 Å². The van der Waals surface area contributed by atoms with Gasteiger partial charge in [-0.1, -0.05) is 0 Å². The average molecular weight is 1150 g/mol. The van der Waals surface area contributed by atoms with Crippen LogP contribution in [0.15, 0.2) is 0 Å². The van der Waals surface area contributed by atoms with Crippen LogP contribution >= 0.6 is 0 Å². The summed E-state index contributed by atoms with van der Waals surface area (Å²) in [7, 11) is 0. The van der Waals surface area contributed by atoms with E-state index in [-0.39, 0.29) is 76.0 Å². The molecule has 13 unspecified atom stereocenters. The first-order valence-electron chi connectivity index (χ1n) is 31.2. The fourth-order valence-corrected chi connectivity index (χ4v) is 12.2. The van der Waals surface area contributed by atoms with Gasteiger partial charge in [0.2, 0.25) is 0 Å². The summed E-state index contributed by atoms with van der Waals surface area (Å²) in [6.07, 6.45) is 20.4. The topological polar surface area (TPSA) is 261 Å². The van der Waals surface area contributed by atoms with E-state index in [0.29, 0.717) is 182 Å². The maximum absolute atomic E-state index is 14.0. The number of epoxide rings is 4. The number of unbranched alkanes of at least 4 members (excludes halogenated alkanes) is 8. The zero-order valence-electron chi connectivity index (χ0n) is 47.8. The summed E-state index contributed by atoms with van der Waals surface area (Å²) < 4.78 is 67.1. The van der Waals surface area contributed by atoms with Gasteiger partial charge in [-0.3, -0.25) is 38.4 Å². The van der Waals surface area contributed by atoms with E-state index in [1.165, 1.54) is 0 Å². The highest BCUT2D eigenvalue weighted by Gasteiger charge is 2.47. The molecule has 81 heavy (non-hydrogen) atoms. The molecule has 0 radical (unpaired) electrons. The fourth-order valence-electron chi connectivity index (χ4n) is 12.2. The van der Waals surface area contributed by atoms with Crippen molar-refractivity contribution in [2.75, 3.05) is 59.5 Å². The Morgan fingerprint density at radius 1 is 0.321 bits per heavy atom. The van der Waals surface area contributed by atoms with Crippen molar-refractivity contribution in [2.24, 2.45) is 35.5 Å². The molecule has 456 valence electrons. The van der Waals surface area contributed by atoms with Gasteiger partial charge in [-0.25, -0.2) is 0 Å². The number of rotatable bonds is 41. The Kier molecular flexibility index (Phi) is 25.8. The van der Waals surface area contributed by atoms with E-state index < -0.39 is 48.6 Å². The Labute approximate surface area is 477 Å². The molecule has 20 nitrogen and oxygen atoms in total. The van der Waals surface area contributed by atoms with Gasteiger partial charge in [-0.2, -0.15) is 0 Å². The van der Waals surface area contributed by atoms with Gasteiger partial charge in [-0.05, 0) is 178 Å². The van der Waals surface area contributed by atoms with Crippen molar-refractivity contribution in [3.05, 3.63) is 0 Å². The predicted octanol–water partition coefficient (Wildman–Crippen LogP) is 7.90. The molecule has 14 atom stereocenters. The van der Waals surface area contributed by atoms with E-state index in [4.69, 9.17) is 56.8 Å².